The first-order valence-electron chi connectivity index (χ1n) is 7.85. The van der Waals surface area contributed by atoms with E-state index in [2.05, 4.69) is 23.6 Å². The van der Waals surface area contributed by atoms with Gasteiger partial charge in [-0.25, -0.2) is 0 Å². The number of hydrogen-bond donors (Lipinski definition) is 0. The predicted octanol–water partition coefficient (Wildman–Crippen LogP) is 3.17. The Kier molecular flexibility index (Phi) is 3.78. The molecule has 3 aromatic rings. The average molecular weight is 336 g/mol. The molecule has 5 heteroatoms. The van der Waals surface area contributed by atoms with Gasteiger partial charge in [-0.1, -0.05) is 30.3 Å². The third-order valence-corrected chi connectivity index (χ3v) is 5.39. The van der Waals surface area contributed by atoms with Gasteiger partial charge >= 0.3 is 0 Å². The first-order valence-corrected chi connectivity index (χ1v) is 8.73. The van der Waals surface area contributed by atoms with Crippen LogP contribution in [0.4, 0.5) is 0 Å². The molecule has 3 heterocycles. The van der Waals surface area contributed by atoms with Crippen molar-refractivity contribution in [2.45, 2.75) is 12.5 Å². The molecule has 0 fully saturated rings. The standard InChI is InChI=1S/C19H16N2O2S/c22-19(15-6-10-20(23)11-7-15)21-12-8-17-16(9-13-24-17)18(21)14-4-2-1-3-5-14/h1-7,9-11,13,18H,8,12H2/t18-/m1/s1. The maximum atomic E-state index is 13.0. The Bertz CT molecular complexity index is 859. The highest BCUT2D eigenvalue weighted by Crippen LogP contribution is 2.38. The maximum absolute atomic E-state index is 13.0. The number of hydrogen-bond acceptors (Lipinski definition) is 3. The summed E-state index contributed by atoms with van der Waals surface area (Å²) in [5.74, 6) is -0.0405. The Hall–Kier alpha value is -2.66. The molecular formula is C19H16N2O2S. The monoisotopic (exact) mass is 336 g/mol. The molecule has 0 bridgehead atoms. The zero-order valence-corrected chi connectivity index (χ0v) is 13.8. The van der Waals surface area contributed by atoms with Gasteiger partial charge in [0.1, 0.15) is 0 Å². The number of carbonyl (C=O) groups excluding carboxylic acids is 1. The number of benzene rings is 1. The molecule has 4 rings (SSSR count). The fraction of sp³-hybridized carbons (Fsp3) is 0.158. The van der Waals surface area contributed by atoms with Crippen molar-refractivity contribution in [3.8, 4) is 0 Å². The molecule has 24 heavy (non-hydrogen) atoms. The lowest BCUT2D eigenvalue weighted by Crippen LogP contribution is -2.40. The van der Waals surface area contributed by atoms with E-state index in [0.29, 0.717) is 16.8 Å². The molecule has 0 saturated heterocycles. The fourth-order valence-corrected chi connectivity index (χ4v) is 4.15. The van der Waals surface area contributed by atoms with E-state index in [1.165, 1.54) is 22.8 Å². The summed E-state index contributed by atoms with van der Waals surface area (Å²) in [6.07, 6.45) is 3.60. The van der Waals surface area contributed by atoms with Gasteiger partial charge in [0.15, 0.2) is 12.4 Å². The zero-order chi connectivity index (χ0) is 16.5. The van der Waals surface area contributed by atoms with Crippen molar-refractivity contribution in [2.75, 3.05) is 6.54 Å². The van der Waals surface area contributed by atoms with Crippen molar-refractivity contribution in [3.63, 3.8) is 0 Å². The summed E-state index contributed by atoms with van der Waals surface area (Å²) in [5.41, 5.74) is 2.86. The van der Waals surface area contributed by atoms with Crippen LogP contribution in [0.1, 0.15) is 32.4 Å². The van der Waals surface area contributed by atoms with Crippen LogP contribution < -0.4 is 4.73 Å². The van der Waals surface area contributed by atoms with Crippen LogP contribution in [0, 0.1) is 5.21 Å². The first kappa shape index (κ1) is 14.9. The van der Waals surface area contributed by atoms with Crippen LogP contribution in [-0.2, 0) is 6.42 Å². The zero-order valence-electron chi connectivity index (χ0n) is 13.0. The molecule has 1 amide bonds. The molecule has 0 aliphatic carbocycles. The number of nitrogens with zero attached hydrogens (tertiary/aromatic N) is 2. The molecule has 1 aliphatic heterocycles. The summed E-state index contributed by atoms with van der Waals surface area (Å²) < 4.78 is 0.693. The van der Waals surface area contributed by atoms with Gasteiger partial charge in [0, 0.05) is 23.6 Å². The van der Waals surface area contributed by atoms with Crippen LogP contribution in [0.25, 0.3) is 0 Å². The minimum absolute atomic E-state index is 0.0405. The highest BCUT2D eigenvalue weighted by atomic mass is 32.1. The topological polar surface area (TPSA) is 47.2 Å². The summed E-state index contributed by atoms with van der Waals surface area (Å²) in [7, 11) is 0. The van der Waals surface area contributed by atoms with Crippen LogP contribution in [-0.4, -0.2) is 17.4 Å². The van der Waals surface area contributed by atoms with E-state index in [-0.39, 0.29) is 11.9 Å². The van der Waals surface area contributed by atoms with Crippen LogP contribution in [0.3, 0.4) is 0 Å². The highest BCUT2D eigenvalue weighted by molar-refractivity contribution is 7.10. The molecule has 0 unspecified atom stereocenters. The van der Waals surface area contributed by atoms with Crippen molar-refractivity contribution < 1.29 is 9.52 Å². The number of rotatable bonds is 2. The molecule has 1 aliphatic rings. The molecule has 0 radical (unpaired) electrons. The third kappa shape index (κ3) is 2.57. The number of amides is 1. The summed E-state index contributed by atoms with van der Waals surface area (Å²) in [5, 5.41) is 13.3. The SMILES string of the molecule is O=C(c1cc[n+]([O-])cc1)N1CCc2sccc2[C@H]1c1ccccc1. The van der Waals surface area contributed by atoms with E-state index in [9.17, 15) is 10.0 Å². The maximum Gasteiger partial charge on any atom is 0.255 e. The van der Waals surface area contributed by atoms with Gasteiger partial charge in [0.2, 0.25) is 0 Å². The van der Waals surface area contributed by atoms with Crippen LogP contribution in [0.5, 0.6) is 0 Å². The highest BCUT2D eigenvalue weighted by Gasteiger charge is 2.33. The Labute approximate surface area is 144 Å². The molecule has 1 aromatic carbocycles. The summed E-state index contributed by atoms with van der Waals surface area (Å²) in [6, 6.07) is 15.3. The summed E-state index contributed by atoms with van der Waals surface area (Å²) in [6.45, 7) is 0.679. The molecule has 1 atom stereocenters. The second-order valence-corrected chi connectivity index (χ2v) is 6.81. The normalized spacial score (nSPS) is 16.7. The number of carbonyl (C=O) groups is 1. The van der Waals surface area contributed by atoms with E-state index < -0.39 is 0 Å². The summed E-state index contributed by atoms with van der Waals surface area (Å²) in [4.78, 5) is 16.3. The molecule has 0 saturated carbocycles. The van der Waals surface area contributed by atoms with Gasteiger partial charge in [0.25, 0.3) is 5.91 Å². The van der Waals surface area contributed by atoms with Crippen LogP contribution in [0.15, 0.2) is 66.3 Å². The first-order chi connectivity index (χ1) is 11.7. The second-order valence-electron chi connectivity index (χ2n) is 5.81. The minimum Gasteiger partial charge on any atom is -0.619 e. The Balaban J connectivity index is 1.76. The molecule has 4 nitrogen and oxygen atoms in total. The number of fused-ring (bicyclic) bond motifs is 1. The Morgan fingerprint density at radius 2 is 1.88 bits per heavy atom. The lowest BCUT2D eigenvalue weighted by atomic mass is 9.92. The number of thiophene rings is 1. The van der Waals surface area contributed by atoms with E-state index in [1.54, 1.807) is 23.5 Å². The third-order valence-electron chi connectivity index (χ3n) is 4.39. The van der Waals surface area contributed by atoms with Gasteiger partial charge in [-0.3, -0.25) is 4.79 Å². The lowest BCUT2D eigenvalue weighted by molar-refractivity contribution is -0.605. The molecule has 2 aromatic heterocycles. The average Bonchev–Trinajstić information content (AvgIpc) is 3.10. The van der Waals surface area contributed by atoms with E-state index in [0.717, 1.165) is 12.0 Å². The Morgan fingerprint density at radius 1 is 1.12 bits per heavy atom. The van der Waals surface area contributed by atoms with Gasteiger partial charge in [-0.15, -0.1) is 11.3 Å². The Morgan fingerprint density at radius 3 is 2.62 bits per heavy atom. The van der Waals surface area contributed by atoms with E-state index >= 15 is 0 Å². The molecule has 120 valence electrons. The van der Waals surface area contributed by atoms with Gasteiger partial charge < -0.3 is 10.1 Å². The van der Waals surface area contributed by atoms with Crippen LogP contribution in [0.2, 0.25) is 0 Å². The van der Waals surface area contributed by atoms with Gasteiger partial charge in [-0.05, 0) is 29.0 Å². The number of pyridine rings is 1. The van der Waals surface area contributed by atoms with Gasteiger partial charge in [0.05, 0.1) is 11.6 Å². The lowest BCUT2D eigenvalue weighted by Gasteiger charge is -2.36. The number of aromatic nitrogens is 1. The van der Waals surface area contributed by atoms with Crippen molar-refractivity contribution in [1.29, 1.82) is 0 Å². The van der Waals surface area contributed by atoms with Crippen LogP contribution >= 0.6 is 11.3 Å². The van der Waals surface area contributed by atoms with Crippen molar-refractivity contribution in [3.05, 3.63) is 93.1 Å². The smallest absolute Gasteiger partial charge is 0.255 e. The molecule has 0 N–H and O–H groups in total. The molecular weight excluding hydrogens is 320 g/mol. The van der Waals surface area contributed by atoms with Crippen molar-refractivity contribution >= 4 is 17.2 Å². The summed E-state index contributed by atoms with van der Waals surface area (Å²) >= 11 is 1.75. The fourth-order valence-electron chi connectivity index (χ4n) is 3.25. The molecule has 0 spiro atoms. The predicted molar refractivity (Wildman–Crippen MR) is 92.7 cm³/mol. The minimum atomic E-state index is -0.0757. The quantitative estimate of drug-likeness (QED) is 0.533. The second kappa shape index (κ2) is 6.09. The van der Waals surface area contributed by atoms with Crippen molar-refractivity contribution in [1.82, 2.24) is 4.90 Å². The van der Waals surface area contributed by atoms with Gasteiger partial charge in [-0.2, -0.15) is 4.73 Å². The largest absolute Gasteiger partial charge is 0.619 e. The van der Waals surface area contributed by atoms with Crippen molar-refractivity contribution in [2.24, 2.45) is 0 Å². The van der Waals surface area contributed by atoms with E-state index in [4.69, 9.17) is 0 Å². The van der Waals surface area contributed by atoms with E-state index in [1.807, 2.05) is 23.1 Å².